The third-order valence-electron chi connectivity index (χ3n) is 2.22. The van der Waals surface area contributed by atoms with Crippen LogP contribution in [-0.2, 0) is 0 Å². The van der Waals surface area contributed by atoms with E-state index in [4.69, 9.17) is 5.73 Å². The Morgan fingerprint density at radius 2 is 1.94 bits per heavy atom. The Balaban J connectivity index is 2.53. The Labute approximate surface area is 108 Å². The third kappa shape index (κ3) is 4.07. The maximum Gasteiger partial charge on any atom is 0.312 e. The number of hydrogen-bond donors (Lipinski definition) is 3. The summed E-state index contributed by atoms with van der Waals surface area (Å²) in [6.07, 6.45) is 0. The summed E-state index contributed by atoms with van der Waals surface area (Å²) in [6.45, 7) is 2.52. The maximum atomic E-state index is 11.8. The highest BCUT2D eigenvalue weighted by atomic mass is 79.9. The number of urea groups is 1. The van der Waals surface area contributed by atoms with Crippen LogP contribution in [0.5, 0.6) is 0 Å². The van der Waals surface area contributed by atoms with Crippen LogP contribution < -0.4 is 16.4 Å². The van der Waals surface area contributed by atoms with Gasteiger partial charge in [-0.3, -0.25) is 4.79 Å². The molecule has 0 saturated carbocycles. The molecule has 0 aliphatic rings. The fourth-order valence-electron chi connectivity index (χ4n) is 1.31. The van der Waals surface area contributed by atoms with Crippen molar-refractivity contribution >= 4 is 27.9 Å². The first-order valence-electron chi connectivity index (χ1n) is 5.09. The summed E-state index contributed by atoms with van der Waals surface area (Å²) >= 11 is 3.36. The number of benzene rings is 1. The van der Waals surface area contributed by atoms with Gasteiger partial charge in [0.1, 0.15) is 0 Å². The van der Waals surface area contributed by atoms with E-state index in [1.165, 1.54) is 0 Å². The smallest absolute Gasteiger partial charge is 0.312 e. The number of rotatable bonds is 4. The highest BCUT2D eigenvalue weighted by Crippen LogP contribution is 2.19. The molecule has 0 spiro atoms. The molecular weight excluding hydrogens is 286 g/mol. The number of primary amides is 1. The molecule has 3 amide bonds. The summed E-state index contributed by atoms with van der Waals surface area (Å²) < 4.78 is 0.889. The lowest BCUT2D eigenvalue weighted by molar-refractivity contribution is 0.0953. The second kappa shape index (κ2) is 6.24. The minimum atomic E-state index is -0.599. The van der Waals surface area contributed by atoms with Crippen LogP contribution in [0, 0.1) is 6.92 Å². The highest BCUT2D eigenvalue weighted by molar-refractivity contribution is 9.10. The first kappa shape index (κ1) is 13.5. The predicted octanol–water partition coefficient (Wildman–Crippen LogP) is 1.16. The number of nitrogens with two attached hydrogens (primary N) is 1. The van der Waals surface area contributed by atoms with Crippen molar-refractivity contribution in [1.29, 1.82) is 0 Å². The van der Waals surface area contributed by atoms with E-state index >= 15 is 0 Å². The van der Waals surface area contributed by atoms with Crippen LogP contribution >= 0.6 is 15.9 Å². The van der Waals surface area contributed by atoms with Crippen LogP contribution in [0.25, 0.3) is 0 Å². The number of halogens is 1. The molecule has 0 bridgehead atoms. The Morgan fingerprint density at radius 3 is 2.59 bits per heavy atom. The van der Waals surface area contributed by atoms with Crippen molar-refractivity contribution < 1.29 is 9.59 Å². The molecule has 0 atom stereocenters. The quantitative estimate of drug-likeness (QED) is 0.729. The lowest BCUT2D eigenvalue weighted by Gasteiger charge is -2.08. The molecule has 0 saturated heterocycles. The molecule has 0 aliphatic heterocycles. The van der Waals surface area contributed by atoms with E-state index in [0.717, 1.165) is 10.0 Å². The van der Waals surface area contributed by atoms with Gasteiger partial charge in [-0.1, -0.05) is 22.0 Å². The molecule has 0 unspecified atom stereocenters. The summed E-state index contributed by atoms with van der Waals surface area (Å²) in [5, 5.41) is 5.09. The van der Waals surface area contributed by atoms with Crippen molar-refractivity contribution in [2.45, 2.75) is 6.92 Å². The minimum Gasteiger partial charge on any atom is -0.352 e. The molecule has 1 aromatic carbocycles. The molecule has 5 nitrogen and oxygen atoms in total. The predicted molar refractivity (Wildman–Crippen MR) is 68.8 cm³/mol. The van der Waals surface area contributed by atoms with Crippen molar-refractivity contribution in [3.63, 3.8) is 0 Å². The zero-order valence-electron chi connectivity index (χ0n) is 9.42. The summed E-state index contributed by atoms with van der Waals surface area (Å²) in [7, 11) is 0. The molecule has 1 aromatic rings. The van der Waals surface area contributed by atoms with Gasteiger partial charge in [-0.15, -0.1) is 0 Å². The van der Waals surface area contributed by atoms with Crippen LogP contribution in [0.4, 0.5) is 4.79 Å². The number of amides is 3. The number of hydrogen-bond acceptors (Lipinski definition) is 2. The van der Waals surface area contributed by atoms with Gasteiger partial charge in [-0.25, -0.2) is 4.79 Å². The summed E-state index contributed by atoms with van der Waals surface area (Å²) in [6, 6.07) is 4.82. The topological polar surface area (TPSA) is 84.2 Å². The number of carbonyl (C=O) groups is 2. The van der Waals surface area contributed by atoms with E-state index in [1.807, 2.05) is 13.0 Å². The first-order chi connectivity index (χ1) is 8.02. The molecule has 4 N–H and O–H groups in total. The van der Waals surface area contributed by atoms with Gasteiger partial charge in [-0.2, -0.15) is 0 Å². The van der Waals surface area contributed by atoms with Gasteiger partial charge in [0, 0.05) is 23.1 Å². The molecule has 1 rings (SSSR count). The molecular formula is C11H14BrN3O2. The molecule has 0 aliphatic carbocycles. The zero-order chi connectivity index (χ0) is 12.8. The van der Waals surface area contributed by atoms with Gasteiger partial charge in [0.05, 0.1) is 0 Å². The normalized spacial score (nSPS) is 9.76. The van der Waals surface area contributed by atoms with Crippen LogP contribution in [0.3, 0.4) is 0 Å². The molecule has 6 heteroatoms. The standard InChI is InChI=1S/C11H14BrN3O2/c1-7-8(3-2-4-9(7)12)10(16)14-5-6-15-11(13)17/h2-4H,5-6H2,1H3,(H,14,16)(H3,13,15,17). The van der Waals surface area contributed by atoms with Crippen molar-refractivity contribution in [3.8, 4) is 0 Å². The molecule has 0 aromatic heterocycles. The van der Waals surface area contributed by atoms with Crippen molar-refractivity contribution in [1.82, 2.24) is 10.6 Å². The highest BCUT2D eigenvalue weighted by Gasteiger charge is 2.09. The second-order valence-corrected chi connectivity index (χ2v) is 4.31. The lowest BCUT2D eigenvalue weighted by Crippen LogP contribution is -2.37. The Bertz CT molecular complexity index is 435. The van der Waals surface area contributed by atoms with Gasteiger partial charge >= 0.3 is 6.03 Å². The van der Waals surface area contributed by atoms with E-state index in [1.54, 1.807) is 12.1 Å². The van der Waals surface area contributed by atoms with Crippen LogP contribution in [0.1, 0.15) is 15.9 Å². The maximum absolute atomic E-state index is 11.8. The average Bonchev–Trinajstić information content (AvgIpc) is 2.27. The molecule has 0 fully saturated rings. The molecule has 0 radical (unpaired) electrons. The molecule has 0 heterocycles. The van der Waals surface area contributed by atoms with Gasteiger partial charge < -0.3 is 16.4 Å². The van der Waals surface area contributed by atoms with Gasteiger partial charge in [-0.05, 0) is 24.6 Å². The summed E-state index contributed by atoms with van der Waals surface area (Å²) in [5.41, 5.74) is 6.39. The Hall–Kier alpha value is -1.56. The van der Waals surface area contributed by atoms with Gasteiger partial charge in [0.15, 0.2) is 0 Å². The van der Waals surface area contributed by atoms with Crippen molar-refractivity contribution in [2.75, 3.05) is 13.1 Å². The molecule has 92 valence electrons. The number of carbonyl (C=O) groups excluding carboxylic acids is 2. The van der Waals surface area contributed by atoms with Gasteiger partial charge in [0.2, 0.25) is 0 Å². The van der Waals surface area contributed by atoms with Crippen molar-refractivity contribution in [2.24, 2.45) is 5.73 Å². The van der Waals surface area contributed by atoms with E-state index in [9.17, 15) is 9.59 Å². The van der Waals surface area contributed by atoms with E-state index in [2.05, 4.69) is 26.6 Å². The Kier molecular flexibility index (Phi) is 4.96. The average molecular weight is 300 g/mol. The van der Waals surface area contributed by atoms with Crippen LogP contribution in [0.2, 0.25) is 0 Å². The largest absolute Gasteiger partial charge is 0.352 e. The summed E-state index contributed by atoms with van der Waals surface area (Å²) in [5.74, 6) is -0.171. The van der Waals surface area contributed by atoms with Crippen LogP contribution in [0.15, 0.2) is 22.7 Å². The van der Waals surface area contributed by atoms with E-state index in [-0.39, 0.29) is 5.91 Å². The van der Waals surface area contributed by atoms with E-state index in [0.29, 0.717) is 18.7 Å². The van der Waals surface area contributed by atoms with E-state index < -0.39 is 6.03 Å². The fourth-order valence-corrected chi connectivity index (χ4v) is 1.68. The zero-order valence-corrected chi connectivity index (χ0v) is 11.0. The lowest BCUT2D eigenvalue weighted by atomic mass is 10.1. The monoisotopic (exact) mass is 299 g/mol. The number of nitrogens with one attached hydrogen (secondary N) is 2. The summed E-state index contributed by atoms with van der Waals surface area (Å²) in [4.78, 5) is 22.2. The third-order valence-corrected chi connectivity index (χ3v) is 3.08. The molecule has 17 heavy (non-hydrogen) atoms. The Morgan fingerprint density at radius 1 is 1.29 bits per heavy atom. The first-order valence-corrected chi connectivity index (χ1v) is 5.88. The van der Waals surface area contributed by atoms with Crippen molar-refractivity contribution in [3.05, 3.63) is 33.8 Å². The second-order valence-electron chi connectivity index (χ2n) is 3.46. The van der Waals surface area contributed by atoms with Crippen LogP contribution in [-0.4, -0.2) is 25.0 Å². The van der Waals surface area contributed by atoms with Gasteiger partial charge in [0.25, 0.3) is 5.91 Å². The minimum absolute atomic E-state index is 0.171. The fraction of sp³-hybridized carbons (Fsp3) is 0.273. The SMILES string of the molecule is Cc1c(Br)cccc1C(=O)NCCNC(N)=O.